The Morgan fingerprint density at radius 3 is 2.35 bits per heavy atom. The number of carbonyl (C=O) groups is 2. The van der Waals surface area contributed by atoms with Gasteiger partial charge in [-0.25, -0.2) is 9.59 Å². The Morgan fingerprint density at radius 2 is 1.90 bits per heavy atom. The van der Waals surface area contributed by atoms with Crippen LogP contribution in [0.15, 0.2) is 0 Å². The van der Waals surface area contributed by atoms with Crippen LogP contribution in [-0.2, 0) is 9.53 Å². The van der Waals surface area contributed by atoms with Crippen molar-refractivity contribution in [3.63, 3.8) is 0 Å². The zero-order chi connectivity index (χ0) is 15.4. The van der Waals surface area contributed by atoms with E-state index in [9.17, 15) is 27.9 Å². The third-order valence-corrected chi connectivity index (χ3v) is 3.18. The van der Waals surface area contributed by atoms with Crippen molar-refractivity contribution >= 4 is 12.0 Å². The highest BCUT2D eigenvalue weighted by Crippen LogP contribution is 2.22. The highest BCUT2D eigenvalue weighted by molar-refractivity contribution is 5.86. The zero-order valence-corrected chi connectivity index (χ0v) is 11.0. The molecule has 0 aromatic heterocycles. The molecule has 0 bridgehead atoms. The first-order valence-corrected chi connectivity index (χ1v) is 6.07. The minimum absolute atomic E-state index is 0.0845. The number of amides is 2. The number of nitrogens with one attached hydrogen (secondary N) is 1. The second-order valence-electron chi connectivity index (χ2n) is 4.72. The first kappa shape index (κ1) is 16.5. The van der Waals surface area contributed by atoms with Crippen molar-refractivity contribution in [2.45, 2.75) is 31.0 Å². The van der Waals surface area contributed by atoms with Gasteiger partial charge in [0.1, 0.15) is 5.54 Å². The molecule has 1 saturated heterocycles. The van der Waals surface area contributed by atoms with Crippen molar-refractivity contribution in [3.05, 3.63) is 0 Å². The van der Waals surface area contributed by atoms with Crippen LogP contribution >= 0.6 is 0 Å². The van der Waals surface area contributed by atoms with E-state index >= 15 is 0 Å². The van der Waals surface area contributed by atoms with E-state index in [1.165, 1.54) is 7.05 Å². The highest BCUT2D eigenvalue weighted by atomic mass is 19.4. The molecule has 20 heavy (non-hydrogen) atoms. The molecule has 0 radical (unpaired) electrons. The van der Waals surface area contributed by atoms with Crippen molar-refractivity contribution in [1.29, 1.82) is 0 Å². The topological polar surface area (TPSA) is 78.9 Å². The van der Waals surface area contributed by atoms with Crippen LogP contribution in [0.5, 0.6) is 0 Å². The minimum atomic E-state index is -4.36. The van der Waals surface area contributed by atoms with Crippen LogP contribution in [0, 0.1) is 0 Å². The fraction of sp³-hybridized carbons (Fsp3) is 0.818. The molecule has 0 aliphatic carbocycles. The summed E-state index contributed by atoms with van der Waals surface area (Å²) in [4.78, 5) is 23.9. The van der Waals surface area contributed by atoms with E-state index < -0.39 is 36.7 Å². The molecule has 6 nitrogen and oxygen atoms in total. The predicted molar refractivity (Wildman–Crippen MR) is 62.3 cm³/mol. The maximum Gasteiger partial charge on any atom is 0.390 e. The SMILES string of the molecule is CN(CCC(F)(F)F)C(=O)NC1(C(=O)O)CCOCC1. The number of alkyl halides is 3. The Kier molecular flexibility index (Phi) is 5.21. The summed E-state index contributed by atoms with van der Waals surface area (Å²) in [7, 11) is 1.19. The van der Waals surface area contributed by atoms with Crippen LogP contribution in [0.2, 0.25) is 0 Å². The zero-order valence-electron chi connectivity index (χ0n) is 11.0. The molecule has 1 rings (SSSR count). The van der Waals surface area contributed by atoms with Gasteiger partial charge < -0.3 is 20.1 Å². The Labute approximate surface area is 113 Å². The van der Waals surface area contributed by atoms with Crippen molar-refractivity contribution < 1.29 is 32.6 Å². The highest BCUT2D eigenvalue weighted by Gasteiger charge is 2.42. The molecular weight excluding hydrogens is 281 g/mol. The van der Waals surface area contributed by atoms with E-state index in [1.807, 2.05) is 0 Å². The Balaban J connectivity index is 2.60. The number of carboxylic acids is 1. The van der Waals surface area contributed by atoms with E-state index in [0.29, 0.717) is 0 Å². The minimum Gasteiger partial charge on any atom is -0.480 e. The molecule has 0 unspecified atom stereocenters. The molecule has 0 aromatic rings. The van der Waals surface area contributed by atoms with Crippen molar-refractivity contribution in [3.8, 4) is 0 Å². The van der Waals surface area contributed by atoms with Gasteiger partial charge in [-0.3, -0.25) is 0 Å². The summed E-state index contributed by atoms with van der Waals surface area (Å²) in [6, 6.07) is -0.835. The first-order chi connectivity index (χ1) is 9.16. The molecular formula is C11H17F3N2O4. The van der Waals surface area contributed by atoms with Gasteiger partial charge in [0.25, 0.3) is 0 Å². The van der Waals surface area contributed by atoms with Crippen LogP contribution in [0.1, 0.15) is 19.3 Å². The molecule has 1 aliphatic heterocycles. The van der Waals surface area contributed by atoms with E-state index in [2.05, 4.69) is 5.32 Å². The number of carboxylic acid groups (broad SMARTS) is 1. The Morgan fingerprint density at radius 1 is 1.35 bits per heavy atom. The summed E-state index contributed by atoms with van der Waals surface area (Å²) in [5.41, 5.74) is -1.47. The maximum atomic E-state index is 12.1. The lowest BCUT2D eigenvalue weighted by molar-refractivity contribution is -0.149. The number of ether oxygens (including phenoxy) is 1. The summed E-state index contributed by atoms with van der Waals surface area (Å²) < 4.78 is 41.2. The largest absolute Gasteiger partial charge is 0.480 e. The maximum absolute atomic E-state index is 12.1. The fourth-order valence-corrected chi connectivity index (χ4v) is 1.81. The number of rotatable bonds is 4. The average molecular weight is 298 g/mol. The van der Waals surface area contributed by atoms with Gasteiger partial charge in [0.15, 0.2) is 0 Å². The number of hydrogen-bond acceptors (Lipinski definition) is 3. The number of hydrogen-bond donors (Lipinski definition) is 2. The monoisotopic (exact) mass is 298 g/mol. The smallest absolute Gasteiger partial charge is 0.390 e. The Bertz CT molecular complexity index is 367. The van der Waals surface area contributed by atoms with Crippen molar-refractivity contribution in [2.75, 3.05) is 26.8 Å². The third kappa shape index (κ3) is 4.55. The second kappa shape index (κ2) is 6.29. The lowest BCUT2D eigenvalue weighted by Crippen LogP contribution is -2.59. The lowest BCUT2D eigenvalue weighted by Gasteiger charge is -2.35. The van der Waals surface area contributed by atoms with Gasteiger partial charge in [-0.2, -0.15) is 13.2 Å². The van der Waals surface area contributed by atoms with E-state index in [-0.39, 0.29) is 26.1 Å². The summed E-state index contributed by atoms with van der Waals surface area (Å²) >= 11 is 0. The van der Waals surface area contributed by atoms with E-state index in [1.54, 1.807) is 0 Å². The van der Waals surface area contributed by atoms with Gasteiger partial charge in [-0.15, -0.1) is 0 Å². The molecule has 2 amide bonds. The molecule has 116 valence electrons. The number of aliphatic carboxylic acids is 1. The molecule has 0 spiro atoms. The Hall–Kier alpha value is -1.51. The van der Waals surface area contributed by atoms with Gasteiger partial charge in [0.05, 0.1) is 6.42 Å². The van der Waals surface area contributed by atoms with Gasteiger partial charge in [0, 0.05) is 39.6 Å². The summed E-state index contributed by atoms with van der Waals surface area (Å²) in [5, 5.41) is 11.5. The molecule has 1 aliphatic rings. The standard InChI is InChI=1S/C11H17F3N2O4/c1-16(5-2-11(12,13)14)9(19)15-10(8(17)18)3-6-20-7-4-10/h2-7H2,1H3,(H,15,19)(H,17,18). The van der Waals surface area contributed by atoms with Crippen molar-refractivity contribution in [1.82, 2.24) is 10.2 Å². The average Bonchev–Trinajstić information content (AvgIpc) is 2.35. The number of nitrogens with zero attached hydrogens (tertiary/aromatic N) is 1. The summed E-state index contributed by atoms with van der Waals surface area (Å²) in [6.07, 6.45) is -5.33. The molecule has 1 heterocycles. The molecule has 9 heteroatoms. The van der Waals surface area contributed by atoms with Crippen LogP contribution in [0.3, 0.4) is 0 Å². The lowest BCUT2D eigenvalue weighted by atomic mass is 9.90. The molecule has 0 saturated carbocycles. The normalized spacial score (nSPS) is 18.4. The molecule has 1 fully saturated rings. The van der Waals surface area contributed by atoms with Crippen molar-refractivity contribution in [2.24, 2.45) is 0 Å². The molecule has 0 aromatic carbocycles. The van der Waals surface area contributed by atoms with Crippen LogP contribution < -0.4 is 5.32 Å². The fourth-order valence-electron chi connectivity index (χ4n) is 1.81. The third-order valence-electron chi connectivity index (χ3n) is 3.18. The number of carbonyl (C=O) groups excluding carboxylic acids is 1. The first-order valence-electron chi connectivity index (χ1n) is 6.07. The summed E-state index contributed by atoms with van der Waals surface area (Å²) in [6.45, 7) is -0.167. The second-order valence-corrected chi connectivity index (χ2v) is 4.72. The van der Waals surface area contributed by atoms with Crippen LogP contribution in [0.4, 0.5) is 18.0 Å². The van der Waals surface area contributed by atoms with Gasteiger partial charge in [-0.05, 0) is 0 Å². The van der Waals surface area contributed by atoms with Gasteiger partial charge in [-0.1, -0.05) is 0 Å². The molecule has 0 atom stereocenters. The predicted octanol–water partition coefficient (Wildman–Crippen LogP) is 1.21. The quantitative estimate of drug-likeness (QED) is 0.818. The van der Waals surface area contributed by atoms with Crippen LogP contribution in [0.25, 0.3) is 0 Å². The van der Waals surface area contributed by atoms with Gasteiger partial charge in [0.2, 0.25) is 0 Å². The number of urea groups is 1. The molecule has 2 N–H and O–H groups in total. The van der Waals surface area contributed by atoms with Crippen LogP contribution in [-0.4, -0.2) is 60.5 Å². The summed E-state index contributed by atoms with van der Waals surface area (Å²) in [5.74, 6) is -1.21. The van der Waals surface area contributed by atoms with Gasteiger partial charge >= 0.3 is 18.2 Å². The number of halogens is 3. The van der Waals surface area contributed by atoms with E-state index in [0.717, 1.165) is 4.90 Å². The van der Waals surface area contributed by atoms with E-state index in [4.69, 9.17) is 4.74 Å².